The van der Waals surface area contributed by atoms with E-state index in [0.29, 0.717) is 0 Å². The summed E-state index contributed by atoms with van der Waals surface area (Å²) in [5.41, 5.74) is 0. The molecule has 0 amide bonds. The highest BCUT2D eigenvalue weighted by Gasteiger charge is 2.28. The molecule has 1 aliphatic heterocycles. The molecule has 1 saturated carbocycles. The van der Waals surface area contributed by atoms with Crippen molar-refractivity contribution in [1.82, 2.24) is 15.1 Å². The van der Waals surface area contributed by atoms with Gasteiger partial charge < -0.3 is 15.1 Å². The first-order chi connectivity index (χ1) is 9.74. The second-order valence-electron chi connectivity index (χ2n) is 6.81. The van der Waals surface area contributed by atoms with E-state index in [2.05, 4.69) is 36.0 Å². The van der Waals surface area contributed by atoms with E-state index in [1.165, 1.54) is 64.7 Å². The molecule has 1 heterocycles. The van der Waals surface area contributed by atoms with E-state index in [4.69, 9.17) is 0 Å². The average Bonchev–Trinajstić information content (AvgIpc) is 2.49. The van der Waals surface area contributed by atoms with Crippen LogP contribution in [-0.4, -0.2) is 61.7 Å². The van der Waals surface area contributed by atoms with E-state index in [0.717, 1.165) is 24.5 Å². The van der Waals surface area contributed by atoms with Gasteiger partial charge in [-0.3, -0.25) is 0 Å². The Labute approximate surface area is 126 Å². The summed E-state index contributed by atoms with van der Waals surface area (Å²) < 4.78 is 0. The van der Waals surface area contributed by atoms with Crippen LogP contribution in [0.5, 0.6) is 0 Å². The molecule has 2 rings (SSSR count). The minimum Gasteiger partial charge on any atom is -0.314 e. The van der Waals surface area contributed by atoms with Gasteiger partial charge in [-0.15, -0.1) is 0 Å². The van der Waals surface area contributed by atoms with Crippen molar-refractivity contribution in [3.05, 3.63) is 0 Å². The topological polar surface area (TPSA) is 18.5 Å². The Bertz CT molecular complexity index is 259. The molecule has 0 aromatic heterocycles. The van der Waals surface area contributed by atoms with Crippen LogP contribution in [0.25, 0.3) is 0 Å². The van der Waals surface area contributed by atoms with Crippen LogP contribution in [0.15, 0.2) is 0 Å². The van der Waals surface area contributed by atoms with Gasteiger partial charge in [0.25, 0.3) is 0 Å². The monoisotopic (exact) mass is 281 g/mol. The van der Waals surface area contributed by atoms with Crippen LogP contribution in [0.1, 0.15) is 52.4 Å². The molecule has 3 heteroatoms. The fourth-order valence-electron chi connectivity index (χ4n) is 4.15. The molecular weight excluding hydrogens is 246 g/mol. The third-order valence-corrected chi connectivity index (χ3v) is 5.53. The Hall–Kier alpha value is -0.120. The van der Waals surface area contributed by atoms with Crippen molar-refractivity contribution < 1.29 is 0 Å². The number of hydrogen-bond acceptors (Lipinski definition) is 3. The number of nitrogens with zero attached hydrogens (tertiary/aromatic N) is 2. The van der Waals surface area contributed by atoms with Gasteiger partial charge in [-0.05, 0) is 64.8 Å². The first kappa shape index (κ1) is 16.3. The molecule has 1 saturated heterocycles. The molecule has 2 atom stereocenters. The van der Waals surface area contributed by atoms with Crippen LogP contribution in [0.2, 0.25) is 0 Å². The molecule has 2 aliphatic rings. The first-order valence-electron chi connectivity index (χ1n) is 8.90. The van der Waals surface area contributed by atoms with E-state index in [-0.39, 0.29) is 0 Å². The third-order valence-electron chi connectivity index (χ3n) is 5.53. The van der Waals surface area contributed by atoms with Crippen LogP contribution in [0.3, 0.4) is 0 Å². The number of nitrogens with one attached hydrogen (secondary N) is 1. The van der Waals surface area contributed by atoms with Gasteiger partial charge in [0.05, 0.1) is 0 Å². The van der Waals surface area contributed by atoms with Gasteiger partial charge in [-0.2, -0.15) is 0 Å². The summed E-state index contributed by atoms with van der Waals surface area (Å²) in [6.07, 6.45) is 8.41. The van der Waals surface area contributed by atoms with Gasteiger partial charge in [0.2, 0.25) is 0 Å². The molecule has 0 aromatic rings. The Morgan fingerprint density at radius 2 is 1.75 bits per heavy atom. The quantitative estimate of drug-likeness (QED) is 0.807. The largest absolute Gasteiger partial charge is 0.314 e. The molecule has 0 bridgehead atoms. The first-order valence-corrected chi connectivity index (χ1v) is 8.90. The number of piperidine rings is 1. The summed E-state index contributed by atoms with van der Waals surface area (Å²) in [7, 11) is 2.36. The van der Waals surface area contributed by atoms with Crippen molar-refractivity contribution in [2.45, 2.75) is 64.5 Å². The molecule has 0 aromatic carbocycles. The van der Waals surface area contributed by atoms with Gasteiger partial charge in [-0.1, -0.05) is 26.7 Å². The van der Waals surface area contributed by atoms with Gasteiger partial charge in [0.1, 0.15) is 0 Å². The predicted octanol–water partition coefficient (Wildman–Crippen LogP) is 2.57. The smallest absolute Gasteiger partial charge is 0.0117 e. The number of rotatable bonds is 6. The van der Waals surface area contributed by atoms with Crippen LogP contribution in [0.4, 0.5) is 0 Å². The summed E-state index contributed by atoms with van der Waals surface area (Å²) in [6, 6.07) is 1.59. The Morgan fingerprint density at radius 3 is 2.40 bits per heavy atom. The van der Waals surface area contributed by atoms with Crippen LogP contribution in [0, 0.1) is 5.92 Å². The van der Waals surface area contributed by atoms with E-state index in [1.54, 1.807) is 0 Å². The summed E-state index contributed by atoms with van der Waals surface area (Å²) in [4.78, 5) is 5.26. The van der Waals surface area contributed by atoms with Crippen molar-refractivity contribution in [3.8, 4) is 0 Å². The zero-order chi connectivity index (χ0) is 14.4. The maximum atomic E-state index is 3.72. The molecule has 3 nitrogen and oxygen atoms in total. The lowest BCUT2D eigenvalue weighted by Crippen LogP contribution is -2.48. The zero-order valence-corrected chi connectivity index (χ0v) is 13.9. The maximum absolute atomic E-state index is 3.72. The number of likely N-dealkylation sites (tertiary alicyclic amines) is 1. The van der Waals surface area contributed by atoms with Gasteiger partial charge in [0.15, 0.2) is 0 Å². The second kappa shape index (κ2) is 8.35. The SMILES string of the molecule is CCNC1CCCCC1CN(C)C1CCN(CC)CC1. The van der Waals surface area contributed by atoms with E-state index >= 15 is 0 Å². The molecule has 0 spiro atoms. The zero-order valence-electron chi connectivity index (χ0n) is 13.9. The van der Waals surface area contributed by atoms with Crippen molar-refractivity contribution in [1.29, 1.82) is 0 Å². The molecular formula is C17H35N3. The van der Waals surface area contributed by atoms with Crippen molar-refractivity contribution in [2.24, 2.45) is 5.92 Å². The van der Waals surface area contributed by atoms with Crippen molar-refractivity contribution >= 4 is 0 Å². The fourth-order valence-corrected chi connectivity index (χ4v) is 4.15. The minimum atomic E-state index is 0.770. The lowest BCUT2D eigenvalue weighted by Gasteiger charge is -2.40. The fraction of sp³-hybridized carbons (Fsp3) is 1.00. The summed E-state index contributed by atoms with van der Waals surface area (Å²) in [5, 5.41) is 3.72. The summed E-state index contributed by atoms with van der Waals surface area (Å²) in [5.74, 6) is 0.873. The summed E-state index contributed by atoms with van der Waals surface area (Å²) >= 11 is 0. The van der Waals surface area contributed by atoms with E-state index < -0.39 is 0 Å². The maximum Gasteiger partial charge on any atom is 0.0117 e. The van der Waals surface area contributed by atoms with Crippen LogP contribution in [-0.2, 0) is 0 Å². The predicted molar refractivity (Wildman–Crippen MR) is 87.2 cm³/mol. The van der Waals surface area contributed by atoms with Crippen molar-refractivity contribution in [2.75, 3.05) is 39.8 Å². The lowest BCUT2D eigenvalue weighted by molar-refractivity contribution is 0.101. The molecule has 0 radical (unpaired) electrons. The van der Waals surface area contributed by atoms with Crippen LogP contribution < -0.4 is 5.32 Å². The highest BCUT2D eigenvalue weighted by Crippen LogP contribution is 2.26. The van der Waals surface area contributed by atoms with E-state index in [1.807, 2.05) is 0 Å². The molecule has 1 N–H and O–H groups in total. The van der Waals surface area contributed by atoms with Gasteiger partial charge in [0, 0.05) is 18.6 Å². The normalized spacial score (nSPS) is 30.0. The molecule has 118 valence electrons. The molecule has 20 heavy (non-hydrogen) atoms. The molecule has 1 aliphatic carbocycles. The van der Waals surface area contributed by atoms with Crippen molar-refractivity contribution in [3.63, 3.8) is 0 Å². The number of hydrogen-bond donors (Lipinski definition) is 1. The Morgan fingerprint density at radius 1 is 1.05 bits per heavy atom. The van der Waals surface area contributed by atoms with Crippen LogP contribution >= 0.6 is 0 Å². The Balaban J connectivity index is 1.79. The highest BCUT2D eigenvalue weighted by molar-refractivity contribution is 4.85. The van der Waals surface area contributed by atoms with Gasteiger partial charge >= 0.3 is 0 Å². The second-order valence-corrected chi connectivity index (χ2v) is 6.81. The molecule has 2 unspecified atom stereocenters. The lowest BCUT2D eigenvalue weighted by atomic mass is 9.83. The average molecular weight is 281 g/mol. The third kappa shape index (κ3) is 4.44. The molecule has 2 fully saturated rings. The van der Waals surface area contributed by atoms with Gasteiger partial charge in [-0.25, -0.2) is 0 Å². The van der Waals surface area contributed by atoms with E-state index in [9.17, 15) is 0 Å². The highest BCUT2D eigenvalue weighted by atomic mass is 15.2. The minimum absolute atomic E-state index is 0.770. The standard InChI is InChI=1S/C17H35N3/c1-4-18-17-9-7-6-8-15(17)14-19(3)16-10-12-20(5-2)13-11-16/h15-18H,4-14H2,1-3H3. The Kier molecular flexibility index (Phi) is 6.79. The summed E-state index contributed by atoms with van der Waals surface area (Å²) in [6.45, 7) is 10.8.